The fourth-order valence-electron chi connectivity index (χ4n) is 7.24. The molecule has 1 aliphatic heterocycles. The van der Waals surface area contributed by atoms with Crippen LogP contribution in [-0.2, 0) is 14.3 Å². The molecule has 1 heterocycles. The number of carbonyl (C=O) groups excluding carboxylic acids is 2. The lowest BCUT2D eigenvalue weighted by molar-refractivity contribution is -0.145. The molecule has 0 radical (unpaired) electrons. The van der Waals surface area contributed by atoms with Crippen molar-refractivity contribution in [3.05, 3.63) is 0 Å². The first kappa shape index (κ1) is 40.3. The van der Waals surface area contributed by atoms with Gasteiger partial charge in [0.1, 0.15) is 0 Å². The molecule has 1 saturated heterocycles. The molecule has 0 aromatic carbocycles. The highest BCUT2D eigenvalue weighted by Gasteiger charge is 2.33. The maximum Gasteiger partial charge on any atom is 0.320 e. The molecule has 2 fully saturated rings. The lowest BCUT2D eigenvalue weighted by Gasteiger charge is -2.39. The largest absolute Gasteiger partial charge is 0.481 e. The van der Waals surface area contributed by atoms with Gasteiger partial charge < -0.3 is 24.5 Å². The van der Waals surface area contributed by atoms with Crippen molar-refractivity contribution in [3.8, 4) is 0 Å². The molecule has 0 aromatic rings. The van der Waals surface area contributed by atoms with E-state index in [2.05, 4.69) is 30.7 Å². The molecule has 0 atom stereocenters. The predicted octanol–water partition coefficient (Wildman–Crippen LogP) is 8.91. The van der Waals surface area contributed by atoms with Gasteiger partial charge in [-0.3, -0.25) is 9.59 Å². The van der Waals surface area contributed by atoms with Gasteiger partial charge in [0.25, 0.3) is 0 Å². The SMILES string of the molecule is CCCCCCCC(CCCCCCC)COC(=O)CCCCCCCN(C(=O)N1CCCN(C)CC1)C1CCC(C(=O)O)CC1. The van der Waals surface area contributed by atoms with Crippen LogP contribution in [0.3, 0.4) is 0 Å². The van der Waals surface area contributed by atoms with E-state index in [0.717, 1.165) is 84.1 Å². The predicted molar refractivity (Wildman–Crippen MR) is 188 cm³/mol. The Balaban J connectivity index is 1.70. The van der Waals surface area contributed by atoms with Gasteiger partial charge in [-0.05, 0) is 77.3 Å². The third-order valence-corrected chi connectivity index (χ3v) is 10.4. The number of ether oxygens (including phenoxy) is 1. The fourth-order valence-corrected chi connectivity index (χ4v) is 7.24. The van der Waals surface area contributed by atoms with Gasteiger partial charge in [0, 0.05) is 38.6 Å². The van der Waals surface area contributed by atoms with E-state index >= 15 is 0 Å². The first-order valence-electron chi connectivity index (χ1n) is 19.5. The normalized spacial score (nSPS) is 19.3. The maximum absolute atomic E-state index is 13.7. The smallest absolute Gasteiger partial charge is 0.320 e. The van der Waals surface area contributed by atoms with Crippen molar-refractivity contribution in [3.63, 3.8) is 0 Å². The van der Waals surface area contributed by atoms with Crippen LogP contribution < -0.4 is 0 Å². The number of carboxylic acids is 1. The number of carbonyl (C=O) groups is 3. The van der Waals surface area contributed by atoms with Gasteiger partial charge in [0.2, 0.25) is 0 Å². The van der Waals surface area contributed by atoms with Crippen LogP contribution in [0.15, 0.2) is 0 Å². The second-order valence-corrected chi connectivity index (χ2v) is 14.4. The molecule has 0 unspecified atom stereocenters. The number of rotatable bonds is 24. The molecular formula is C38H71N3O5. The number of nitrogens with zero attached hydrogens (tertiary/aromatic N) is 3. The number of unbranched alkanes of at least 4 members (excludes halogenated alkanes) is 12. The van der Waals surface area contributed by atoms with Gasteiger partial charge >= 0.3 is 18.0 Å². The first-order chi connectivity index (χ1) is 22.3. The van der Waals surface area contributed by atoms with E-state index in [0.29, 0.717) is 31.8 Å². The van der Waals surface area contributed by atoms with E-state index in [4.69, 9.17) is 4.74 Å². The standard InChI is InChI=1S/C38H71N3O5/c1-4-6-8-11-15-20-33(21-16-12-9-7-5-2)32-46-36(42)22-17-13-10-14-18-29-41(35-25-23-34(24-26-35)37(43)44)38(45)40-28-19-27-39(3)30-31-40/h33-35H,4-32H2,1-3H3,(H,43,44). The summed E-state index contributed by atoms with van der Waals surface area (Å²) in [6.45, 7) is 9.28. The van der Waals surface area contributed by atoms with E-state index in [-0.39, 0.29) is 24.0 Å². The topological polar surface area (TPSA) is 90.4 Å². The van der Waals surface area contributed by atoms with Crippen LogP contribution in [0.1, 0.15) is 162 Å². The average Bonchev–Trinajstić information content (AvgIpc) is 3.28. The van der Waals surface area contributed by atoms with Crippen molar-refractivity contribution in [1.82, 2.24) is 14.7 Å². The summed E-state index contributed by atoms with van der Waals surface area (Å²) < 4.78 is 5.78. The Kier molecular flexibility index (Phi) is 22.1. The van der Waals surface area contributed by atoms with Crippen LogP contribution in [0, 0.1) is 11.8 Å². The molecule has 268 valence electrons. The summed E-state index contributed by atoms with van der Waals surface area (Å²) in [6, 6.07) is 0.271. The highest BCUT2D eigenvalue weighted by molar-refractivity contribution is 5.75. The van der Waals surface area contributed by atoms with Crippen LogP contribution in [0.4, 0.5) is 4.79 Å². The highest BCUT2D eigenvalue weighted by Crippen LogP contribution is 2.29. The minimum absolute atomic E-state index is 0.0428. The zero-order chi connectivity index (χ0) is 33.4. The average molecular weight is 650 g/mol. The highest BCUT2D eigenvalue weighted by atomic mass is 16.5. The Morgan fingerprint density at radius 2 is 1.33 bits per heavy atom. The number of aliphatic carboxylic acids is 1. The molecule has 1 aliphatic carbocycles. The van der Waals surface area contributed by atoms with Gasteiger partial charge in [-0.15, -0.1) is 0 Å². The molecule has 0 spiro atoms. The number of likely N-dealkylation sites (N-methyl/N-ethyl adjacent to an activating group) is 1. The molecule has 1 saturated carbocycles. The minimum atomic E-state index is -0.703. The molecule has 2 rings (SSSR count). The zero-order valence-corrected chi connectivity index (χ0v) is 30.2. The van der Waals surface area contributed by atoms with Crippen molar-refractivity contribution in [2.45, 2.75) is 168 Å². The lowest BCUT2D eigenvalue weighted by atomic mass is 9.85. The Bertz CT molecular complexity index is 802. The van der Waals surface area contributed by atoms with Gasteiger partial charge in [-0.25, -0.2) is 4.79 Å². The van der Waals surface area contributed by atoms with Gasteiger partial charge in [-0.2, -0.15) is 0 Å². The second kappa shape index (κ2) is 25.2. The number of amides is 2. The maximum atomic E-state index is 13.7. The number of hydrogen-bond acceptors (Lipinski definition) is 5. The molecule has 0 aromatic heterocycles. The first-order valence-corrected chi connectivity index (χ1v) is 19.5. The van der Waals surface area contributed by atoms with E-state index in [9.17, 15) is 19.5 Å². The van der Waals surface area contributed by atoms with E-state index < -0.39 is 5.97 Å². The summed E-state index contributed by atoms with van der Waals surface area (Å²) >= 11 is 0. The van der Waals surface area contributed by atoms with Crippen molar-refractivity contribution >= 4 is 18.0 Å². The molecule has 2 aliphatic rings. The van der Waals surface area contributed by atoms with E-state index in [1.807, 2.05) is 4.90 Å². The molecule has 8 nitrogen and oxygen atoms in total. The summed E-state index contributed by atoms with van der Waals surface area (Å²) in [5, 5.41) is 9.45. The summed E-state index contributed by atoms with van der Waals surface area (Å²) in [4.78, 5) is 44.1. The Labute approximate surface area is 282 Å². The summed E-state index contributed by atoms with van der Waals surface area (Å²) in [5.74, 6) is -0.513. The van der Waals surface area contributed by atoms with Crippen LogP contribution in [0.25, 0.3) is 0 Å². The molecule has 8 heteroatoms. The second-order valence-electron chi connectivity index (χ2n) is 14.4. The fraction of sp³-hybridized carbons (Fsp3) is 0.921. The monoisotopic (exact) mass is 650 g/mol. The van der Waals surface area contributed by atoms with Gasteiger partial charge in [0.05, 0.1) is 12.5 Å². The quantitative estimate of drug-likeness (QED) is 0.0830. The Morgan fingerprint density at radius 1 is 0.739 bits per heavy atom. The Morgan fingerprint density at radius 3 is 1.96 bits per heavy atom. The third-order valence-electron chi connectivity index (χ3n) is 10.4. The molecule has 46 heavy (non-hydrogen) atoms. The number of urea groups is 1. The molecule has 2 amide bonds. The summed E-state index contributed by atoms with van der Waals surface area (Å²) in [7, 11) is 2.11. The van der Waals surface area contributed by atoms with Gasteiger partial charge in [-0.1, -0.05) is 97.3 Å². The summed E-state index contributed by atoms with van der Waals surface area (Å²) in [5.41, 5.74) is 0. The number of esters is 1. The number of hydrogen-bond donors (Lipinski definition) is 1. The van der Waals surface area contributed by atoms with Crippen LogP contribution in [0.5, 0.6) is 0 Å². The molecule has 0 bridgehead atoms. The lowest BCUT2D eigenvalue weighted by Crippen LogP contribution is -2.50. The van der Waals surface area contributed by atoms with Crippen molar-refractivity contribution in [2.24, 2.45) is 11.8 Å². The van der Waals surface area contributed by atoms with Crippen molar-refractivity contribution in [1.29, 1.82) is 0 Å². The van der Waals surface area contributed by atoms with Crippen molar-refractivity contribution < 1.29 is 24.2 Å². The minimum Gasteiger partial charge on any atom is -0.481 e. The zero-order valence-electron chi connectivity index (χ0n) is 30.2. The molecule has 1 N–H and O–H groups in total. The number of carboxylic acid groups (broad SMARTS) is 1. The van der Waals surface area contributed by atoms with Crippen molar-refractivity contribution in [2.75, 3.05) is 46.4 Å². The molecular weight excluding hydrogens is 578 g/mol. The Hall–Kier alpha value is -1.83. The van der Waals surface area contributed by atoms with E-state index in [1.54, 1.807) is 0 Å². The third kappa shape index (κ3) is 17.4. The van der Waals surface area contributed by atoms with Crippen LogP contribution in [0.2, 0.25) is 0 Å². The van der Waals surface area contributed by atoms with Gasteiger partial charge in [0.15, 0.2) is 0 Å². The summed E-state index contributed by atoms with van der Waals surface area (Å²) in [6.07, 6.45) is 24.5. The van der Waals surface area contributed by atoms with Crippen LogP contribution in [-0.4, -0.2) is 90.2 Å². The van der Waals surface area contributed by atoms with E-state index in [1.165, 1.54) is 77.0 Å². The van der Waals surface area contributed by atoms with Crippen LogP contribution >= 0.6 is 0 Å².